The van der Waals surface area contributed by atoms with Crippen molar-refractivity contribution in [3.05, 3.63) is 35.4 Å². The molecule has 0 radical (unpaired) electrons. The van der Waals surface area contributed by atoms with Gasteiger partial charge in [-0.15, -0.1) is 0 Å². The first-order chi connectivity index (χ1) is 14.1. The van der Waals surface area contributed by atoms with Crippen molar-refractivity contribution in [3.8, 4) is 0 Å². The Bertz CT molecular complexity index is 732. The van der Waals surface area contributed by atoms with Crippen molar-refractivity contribution in [2.75, 3.05) is 19.6 Å². The van der Waals surface area contributed by atoms with E-state index in [-0.39, 0.29) is 18.5 Å². The van der Waals surface area contributed by atoms with Gasteiger partial charge in [-0.05, 0) is 68.7 Å². The van der Waals surface area contributed by atoms with E-state index < -0.39 is 11.4 Å². The zero-order valence-corrected chi connectivity index (χ0v) is 17.3. The van der Waals surface area contributed by atoms with Gasteiger partial charge in [-0.2, -0.15) is 0 Å². The predicted octanol–water partition coefficient (Wildman–Crippen LogP) is 3.93. The van der Waals surface area contributed by atoms with Gasteiger partial charge in [-0.25, -0.2) is 0 Å². The van der Waals surface area contributed by atoms with E-state index in [0.717, 1.165) is 75.7 Å². The van der Waals surface area contributed by atoms with Gasteiger partial charge < -0.3 is 9.84 Å². The SMILES string of the molecule is O=C(O)CCCc1cccc(C2(C(=O)O[C@H]3CN4CCC3CC4)CCCCC2)c1. The van der Waals surface area contributed by atoms with E-state index in [9.17, 15) is 9.59 Å². The molecule has 5 nitrogen and oxygen atoms in total. The van der Waals surface area contributed by atoms with Crippen LogP contribution in [0.1, 0.15) is 68.9 Å². The number of rotatable bonds is 7. The lowest BCUT2D eigenvalue weighted by molar-refractivity contribution is -0.167. The fourth-order valence-corrected chi connectivity index (χ4v) is 5.53. The highest BCUT2D eigenvalue weighted by Crippen LogP contribution is 2.42. The van der Waals surface area contributed by atoms with Crippen LogP contribution in [-0.2, 0) is 26.2 Å². The van der Waals surface area contributed by atoms with Crippen LogP contribution in [-0.4, -0.2) is 47.7 Å². The first kappa shape index (κ1) is 20.4. The number of carboxylic acids is 1. The number of carbonyl (C=O) groups is 2. The summed E-state index contributed by atoms with van der Waals surface area (Å²) in [6.45, 7) is 3.17. The first-order valence-corrected chi connectivity index (χ1v) is 11.3. The van der Waals surface area contributed by atoms with Crippen LogP contribution in [0.2, 0.25) is 0 Å². The Morgan fingerprint density at radius 1 is 1.14 bits per heavy atom. The third-order valence-corrected chi connectivity index (χ3v) is 7.29. The molecule has 0 amide bonds. The van der Waals surface area contributed by atoms with Crippen LogP contribution in [0.3, 0.4) is 0 Å². The number of fused-ring (bicyclic) bond motifs is 3. The van der Waals surface area contributed by atoms with E-state index in [1.54, 1.807) is 0 Å². The summed E-state index contributed by atoms with van der Waals surface area (Å²) in [5.41, 5.74) is 1.65. The molecule has 5 heteroatoms. The van der Waals surface area contributed by atoms with Gasteiger partial charge >= 0.3 is 11.9 Å². The maximum atomic E-state index is 13.6. The number of nitrogens with zero attached hydrogens (tertiary/aromatic N) is 1. The van der Waals surface area contributed by atoms with Crippen molar-refractivity contribution in [2.24, 2.45) is 5.92 Å². The number of hydrogen-bond donors (Lipinski definition) is 1. The Labute approximate surface area is 173 Å². The minimum absolute atomic E-state index is 0.0290. The van der Waals surface area contributed by atoms with E-state index in [4.69, 9.17) is 9.84 Å². The first-order valence-electron chi connectivity index (χ1n) is 11.3. The lowest BCUT2D eigenvalue weighted by Gasteiger charge is -2.45. The molecular formula is C24H33NO4. The molecule has 158 valence electrons. The van der Waals surface area contributed by atoms with E-state index in [2.05, 4.69) is 17.0 Å². The number of benzene rings is 1. The summed E-state index contributed by atoms with van der Waals surface area (Å²) in [5, 5.41) is 8.90. The third-order valence-electron chi connectivity index (χ3n) is 7.29. The van der Waals surface area contributed by atoms with Crippen LogP contribution in [0, 0.1) is 5.92 Å². The number of esters is 1. The van der Waals surface area contributed by atoms with Gasteiger partial charge in [-0.1, -0.05) is 43.5 Å². The molecule has 29 heavy (non-hydrogen) atoms. The number of ether oxygens (including phenoxy) is 1. The van der Waals surface area contributed by atoms with Crippen molar-refractivity contribution < 1.29 is 19.4 Å². The minimum atomic E-state index is -0.758. The van der Waals surface area contributed by atoms with Gasteiger partial charge in [0.25, 0.3) is 0 Å². The van der Waals surface area contributed by atoms with Gasteiger partial charge in [0, 0.05) is 13.0 Å². The second kappa shape index (κ2) is 8.86. The molecule has 0 aromatic heterocycles. The lowest BCUT2D eigenvalue weighted by Crippen LogP contribution is -2.53. The molecule has 1 saturated carbocycles. The van der Waals surface area contributed by atoms with Crippen molar-refractivity contribution in [3.63, 3.8) is 0 Å². The Morgan fingerprint density at radius 3 is 2.55 bits per heavy atom. The molecule has 4 fully saturated rings. The van der Waals surface area contributed by atoms with E-state index in [1.165, 1.54) is 6.42 Å². The minimum Gasteiger partial charge on any atom is -0.481 e. The highest BCUT2D eigenvalue weighted by Gasteiger charge is 2.45. The second-order valence-corrected chi connectivity index (χ2v) is 9.17. The van der Waals surface area contributed by atoms with Gasteiger partial charge in [0.05, 0.1) is 5.41 Å². The molecule has 3 heterocycles. The number of aliphatic carboxylic acids is 1. The van der Waals surface area contributed by atoms with Gasteiger partial charge in [-0.3, -0.25) is 14.5 Å². The number of carboxylic acid groups (broad SMARTS) is 1. The van der Waals surface area contributed by atoms with Crippen molar-refractivity contribution in [1.29, 1.82) is 0 Å². The standard InChI is InChI=1S/C24H33NO4/c26-22(27)9-5-7-18-6-4-8-20(16-18)24(12-2-1-3-13-24)23(28)29-21-17-25-14-10-19(21)11-15-25/h4,6,8,16,19,21H,1-3,5,7,9-15,17H2,(H,26,27)/t21-/m0/s1. The quantitative estimate of drug-likeness (QED) is 0.704. The Morgan fingerprint density at radius 2 is 1.90 bits per heavy atom. The molecule has 2 bridgehead atoms. The lowest BCUT2D eigenvalue weighted by atomic mass is 9.69. The van der Waals surface area contributed by atoms with Gasteiger partial charge in [0.15, 0.2) is 0 Å². The van der Waals surface area contributed by atoms with Crippen LogP contribution >= 0.6 is 0 Å². The summed E-state index contributed by atoms with van der Waals surface area (Å²) < 4.78 is 6.22. The summed E-state index contributed by atoms with van der Waals surface area (Å²) in [7, 11) is 0. The van der Waals surface area contributed by atoms with E-state index >= 15 is 0 Å². The normalized spacial score (nSPS) is 28.1. The van der Waals surface area contributed by atoms with E-state index in [1.807, 2.05) is 12.1 Å². The molecule has 4 aliphatic rings. The second-order valence-electron chi connectivity index (χ2n) is 9.17. The molecule has 1 atom stereocenters. The number of hydrogen-bond acceptors (Lipinski definition) is 4. The molecule has 1 N–H and O–H groups in total. The van der Waals surface area contributed by atoms with Crippen LogP contribution in [0.15, 0.2) is 24.3 Å². The van der Waals surface area contributed by atoms with Crippen molar-refractivity contribution in [2.45, 2.75) is 75.7 Å². The highest BCUT2D eigenvalue weighted by molar-refractivity contribution is 5.83. The maximum Gasteiger partial charge on any atom is 0.316 e. The van der Waals surface area contributed by atoms with E-state index in [0.29, 0.717) is 12.3 Å². The fraction of sp³-hybridized carbons (Fsp3) is 0.667. The van der Waals surface area contributed by atoms with Crippen LogP contribution in [0.25, 0.3) is 0 Å². The zero-order valence-electron chi connectivity index (χ0n) is 17.3. The molecule has 3 saturated heterocycles. The topological polar surface area (TPSA) is 66.8 Å². The molecule has 1 aromatic carbocycles. The van der Waals surface area contributed by atoms with Gasteiger partial charge in [0.2, 0.25) is 0 Å². The smallest absolute Gasteiger partial charge is 0.316 e. The Hall–Kier alpha value is -1.88. The number of piperidine rings is 3. The monoisotopic (exact) mass is 399 g/mol. The van der Waals surface area contributed by atoms with Crippen LogP contribution in [0.5, 0.6) is 0 Å². The van der Waals surface area contributed by atoms with Crippen molar-refractivity contribution in [1.82, 2.24) is 4.90 Å². The Balaban J connectivity index is 1.52. The van der Waals surface area contributed by atoms with Crippen molar-refractivity contribution >= 4 is 11.9 Å². The Kier molecular flexibility index (Phi) is 6.23. The maximum absolute atomic E-state index is 13.6. The number of aryl methyl sites for hydroxylation is 1. The molecule has 0 spiro atoms. The summed E-state index contributed by atoms with van der Waals surface area (Å²) in [6.07, 6.45) is 8.84. The average Bonchev–Trinajstić information content (AvgIpc) is 2.75. The summed E-state index contributed by atoms with van der Waals surface area (Å²) in [6, 6.07) is 8.26. The molecule has 1 aliphatic carbocycles. The van der Waals surface area contributed by atoms with Crippen LogP contribution < -0.4 is 0 Å². The molecule has 1 aromatic rings. The zero-order chi connectivity index (χ0) is 20.3. The average molecular weight is 400 g/mol. The van der Waals surface area contributed by atoms with Gasteiger partial charge in [0.1, 0.15) is 6.10 Å². The summed E-state index contributed by atoms with van der Waals surface area (Å²) in [5.74, 6) is -0.267. The fourth-order valence-electron chi connectivity index (χ4n) is 5.53. The highest BCUT2D eigenvalue weighted by atomic mass is 16.5. The molecule has 5 rings (SSSR count). The molecular weight excluding hydrogens is 366 g/mol. The largest absolute Gasteiger partial charge is 0.481 e. The predicted molar refractivity (Wildman–Crippen MR) is 111 cm³/mol. The number of carbonyl (C=O) groups excluding carboxylic acids is 1. The molecule has 3 aliphatic heterocycles. The summed E-state index contributed by atoms with van der Waals surface area (Å²) >= 11 is 0. The molecule has 0 unspecified atom stereocenters. The summed E-state index contributed by atoms with van der Waals surface area (Å²) in [4.78, 5) is 26.8. The third kappa shape index (κ3) is 4.50. The van der Waals surface area contributed by atoms with Crippen LogP contribution in [0.4, 0.5) is 0 Å².